The summed E-state index contributed by atoms with van der Waals surface area (Å²) in [4.78, 5) is 32.4. The molecule has 1 aliphatic rings. The number of methoxy groups -OCH3 is 2. The number of ether oxygens (including phenoxy) is 5. The van der Waals surface area contributed by atoms with Gasteiger partial charge in [-0.15, -0.1) is 6.42 Å². The molecular weight excluding hydrogens is 648 g/mol. The lowest BCUT2D eigenvalue weighted by Crippen LogP contribution is -2.40. The number of hydrogen-bond donors (Lipinski definition) is 0. The average Bonchev–Trinajstić information content (AvgIpc) is 3.25. The third-order valence-corrected chi connectivity index (χ3v) is 8.19. The number of benzene rings is 2. The highest BCUT2D eigenvalue weighted by atomic mass is 79.9. The Kier molecular flexibility index (Phi) is 10.0. The van der Waals surface area contributed by atoms with E-state index in [1.807, 2.05) is 6.92 Å². The summed E-state index contributed by atoms with van der Waals surface area (Å²) in [5, 5.41) is 0.271. The van der Waals surface area contributed by atoms with Crippen molar-refractivity contribution in [2.75, 3.05) is 34.0 Å². The first-order valence-electron chi connectivity index (χ1n) is 12.8. The molecule has 220 valence electrons. The summed E-state index contributed by atoms with van der Waals surface area (Å²) in [6.45, 7) is 5.90. The monoisotopic (exact) mass is 674 g/mol. The van der Waals surface area contributed by atoms with Crippen LogP contribution in [0.5, 0.6) is 23.0 Å². The van der Waals surface area contributed by atoms with Gasteiger partial charge in [0.25, 0.3) is 5.56 Å². The molecule has 1 aliphatic heterocycles. The van der Waals surface area contributed by atoms with Gasteiger partial charge in [-0.3, -0.25) is 9.36 Å². The lowest BCUT2D eigenvalue weighted by molar-refractivity contribution is -0.139. The minimum Gasteiger partial charge on any atom is -0.493 e. The van der Waals surface area contributed by atoms with Gasteiger partial charge in [0.15, 0.2) is 27.8 Å². The number of allylic oxidation sites excluding steroid dienone is 1. The van der Waals surface area contributed by atoms with Gasteiger partial charge in [-0.25, -0.2) is 9.79 Å². The third kappa shape index (κ3) is 6.07. The van der Waals surface area contributed by atoms with Crippen molar-refractivity contribution < 1.29 is 28.5 Å². The fourth-order valence-electron chi connectivity index (χ4n) is 4.50. The number of fused-ring (bicyclic) bond motifs is 1. The Hall–Kier alpha value is -3.72. The number of terminal acetylenes is 1. The molecule has 2 aromatic carbocycles. The molecule has 0 saturated carbocycles. The van der Waals surface area contributed by atoms with Crippen molar-refractivity contribution in [3.05, 3.63) is 75.8 Å². The fourth-order valence-corrected chi connectivity index (χ4v) is 6.36. The number of esters is 1. The molecule has 9 nitrogen and oxygen atoms in total. The number of nitrogens with zero attached hydrogens (tertiary/aromatic N) is 2. The van der Waals surface area contributed by atoms with Crippen molar-refractivity contribution >= 4 is 50.9 Å². The molecule has 3 aromatic rings. The van der Waals surface area contributed by atoms with E-state index in [1.165, 1.54) is 30.1 Å². The molecule has 0 amide bonds. The lowest BCUT2D eigenvalue weighted by Gasteiger charge is -2.26. The minimum absolute atomic E-state index is 0.0159. The summed E-state index contributed by atoms with van der Waals surface area (Å²) < 4.78 is 30.1. The summed E-state index contributed by atoms with van der Waals surface area (Å²) in [5.41, 5.74) is 1.51. The summed E-state index contributed by atoms with van der Waals surface area (Å²) in [7, 11) is 3.01. The van der Waals surface area contributed by atoms with Gasteiger partial charge in [-0.05, 0) is 62.2 Å². The molecule has 2 heterocycles. The molecule has 0 N–H and O–H groups in total. The summed E-state index contributed by atoms with van der Waals surface area (Å²) in [6, 6.07) is 5.97. The molecule has 0 bridgehead atoms. The molecule has 12 heteroatoms. The normalized spacial score (nSPS) is 14.5. The maximum Gasteiger partial charge on any atom is 0.338 e. The van der Waals surface area contributed by atoms with Crippen molar-refractivity contribution in [2.24, 2.45) is 4.99 Å². The smallest absolute Gasteiger partial charge is 0.338 e. The van der Waals surface area contributed by atoms with Crippen molar-refractivity contribution in [1.29, 1.82) is 0 Å². The molecule has 0 saturated heterocycles. The van der Waals surface area contributed by atoms with Crippen LogP contribution in [0.3, 0.4) is 0 Å². The molecule has 4 rings (SSSR count). The number of carbonyl (C=O) groups is 1. The summed E-state index contributed by atoms with van der Waals surface area (Å²) >= 11 is 11.3. The van der Waals surface area contributed by atoms with Gasteiger partial charge >= 0.3 is 5.97 Å². The van der Waals surface area contributed by atoms with Gasteiger partial charge in [0.2, 0.25) is 0 Å². The standard InChI is InChI=1S/C30H28BrClN2O7S/c1-7-10-41-27-20(32)11-17(12-23(27)38-6)13-24-28(35)34-26(18-14-21(37-5)22(39-8-2)15-19(18)31)25(29(36)40-9-3)16(4)33-30(34)42-24/h1,11-15,26H,8-10H2,2-6H3/b24-13+/t26-/m0/s1. The first-order chi connectivity index (χ1) is 20.2. The Labute approximate surface area is 260 Å². The lowest BCUT2D eigenvalue weighted by atomic mass is 9.95. The van der Waals surface area contributed by atoms with Crippen molar-refractivity contribution in [3.8, 4) is 35.3 Å². The van der Waals surface area contributed by atoms with Crippen LogP contribution in [-0.4, -0.2) is 44.6 Å². The van der Waals surface area contributed by atoms with E-state index in [-0.39, 0.29) is 29.4 Å². The van der Waals surface area contributed by atoms with Gasteiger partial charge < -0.3 is 23.7 Å². The van der Waals surface area contributed by atoms with Gasteiger partial charge in [0.1, 0.15) is 6.61 Å². The fraction of sp³-hybridized carbons (Fsp3) is 0.300. The minimum atomic E-state index is -0.862. The Morgan fingerprint density at radius 3 is 2.52 bits per heavy atom. The number of aromatic nitrogens is 1. The molecule has 0 aliphatic carbocycles. The van der Waals surface area contributed by atoms with E-state index in [2.05, 4.69) is 26.8 Å². The Balaban J connectivity index is 1.96. The van der Waals surface area contributed by atoms with E-state index in [4.69, 9.17) is 41.7 Å². The molecule has 0 radical (unpaired) electrons. The van der Waals surface area contributed by atoms with Crippen LogP contribution in [0, 0.1) is 12.3 Å². The van der Waals surface area contributed by atoms with Crippen molar-refractivity contribution in [1.82, 2.24) is 4.57 Å². The molecule has 0 unspecified atom stereocenters. The first kappa shape index (κ1) is 31.2. The predicted octanol–water partition coefficient (Wildman–Crippen LogP) is 4.64. The van der Waals surface area contributed by atoms with Crippen LogP contribution < -0.4 is 33.8 Å². The highest BCUT2D eigenvalue weighted by molar-refractivity contribution is 9.10. The van der Waals surface area contributed by atoms with Crippen LogP contribution in [0.1, 0.15) is 37.9 Å². The van der Waals surface area contributed by atoms with Crippen LogP contribution >= 0.6 is 38.9 Å². The Morgan fingerprint density at radius 1 is 1.14 bits per heavy atom. The molecular formula is C30H28BrClN2O7S. The topological polar surface area (TPSA) is 97.6 Å². The van der Waals surface area contributed by atoms with Crippen LogP contribution in [0.15, 0.2) is 49.8 Å². The first-order valence-corrected chi connectivity index (χ1v) is 14.8. The van der Waals surface area contributed by atoms with Crippen molar-refractivity contribution in [3.63, 3.8) is 0 Å². The van der Waals surface area contributed by atoms with Gasteiger partial charge in [-0.2, -0.15) is 0 Å². The zero-order valence-corrected chi connectivity index (χ0v) is 26.7. The van der Waals surface area contributed by atoms with E-state index >= 15 is 0 Å². The Bertz CT molecular complexity index is 1790. The average molecular weight is 676 g/mol. The number of carbonyl (C=O) groups excluding carboxylic acids is 1. The summed E-state index contributed by atoms with van der Waals surface area (Å²) in [6.07, 6.45) is 6.99. The van der Waals surface area contributed by atoms with Crippen molar-refractivity contribution in [2.45, 2.75) is 26.8 Å². The second kappa shape index (κ2) is 13.5. The van der Waals surface area contributed by atoms with Crippen LogP contribution in [0.25, 0.3) is 6.08 Å². The van der Waals surface area contributed by atoms with E-state index < -0.39 is 12.0 Å². The second-order valence-corrected chi connectivity index (χ2v) is 11.1. The third-order valence-electron chi connectivity index (χ3n) is 6.24. The van der Waals surface area contributed by atoms with Crippen LogP contribution in [0.2, 0.25) is 5.02 Å². The van der Waals surface area contributed by atoms with Gasteiger partial charge in [0, 0.05) is 4.47 Å². The highest BCUT2D eigenvalue weighted by Crippen LogP contribution is 2.41. The quantitative estimate of drug-likeness (QED) is 0.228. The zero-order valence-electron chi connectivity index (χ0n) is 23.6. The molecule has 0 spiro atoms. The van der Waals surface area contributed by atoms with Gasteiger partial charge in [-0.1, -0.05) is 44.8 Å². The second-order valence-electron chi connectivity index (χ2n) is 8.79. The Morgan fingerprint density at radius 2 is 1.88 bits per heavy atom. The maximum absolute atomic E-state index is 14.0. The van der Waals surface area contributed by atoms with Crippen LogP contribution in [-0.2, 0) is 9.53 Å². The van der Waals surface area contributed by atoms with E-state index in [0.717, 1.165) is 0 Å². The maximum atomic E-state index is 14.0. The van der Waals surface area contributed by atoms with E-state index in [1.54, 1.807) is 44.2 Å². The molecule has 0 fully saturated rings. The zero-order chi connectivity index (χ0) is 30.6. The number of rotatable bonds is 10. The predicted molar refractivity (Wildman–Crippen MR) is 165 cm³/mol. The number of halogens is 2. The highest BCUT2D eigenvalue weighted by Gasteiger charge is 2.35. The number of hydrogen-bond acceptors (Lipinski definition) is 9. The molecule has 1 atom stereocenters. The van der Waals surface area contributed by atoms with E-state index in [9.17, 15) is 9.59 Å². The van der Waals surface area contributed by atoms with E-state index in [0.29, 0.717) is 60.2 Å². The largest absolute Gasteiger partial charge is 0.493 e. The van der Waals surface area contributed by atoms with Gasteiger partial charge in [0.05, 0.1) is 54.3 Å². The van der Waals surface area contributed by atoms with Crippen LogP contribution in [0.4, 0.5) is 0 Å². The number of thiazole rings is 1. The SMILES string of the molecule is C#CCOc1c(Cl)cc(/C=c2/sc3n(c2=O)[C@@H](c2cc(OC)c(OCC)cc2Br)C(C(=O)OCC)=C(C)N=3)cc1OC. The summed E-state index contributed by atoms with van der Waals surface area (Å²) in [5.74, 6) is 3.45. The molecule has 42 heavy (non-hydrogen) atoms. The molecule has 1 aromatic heterocycles.